The minimum atomic E-state index is -4.42. The van der Waals surface area contributed by atoms with Gasteiger partial charge < -0.3 is 10.0 Å². The third-order valence-electron chi connectivity index (χ3n) is 5.04. The second kappa shape index (κ2) is 4.76. The monoisotopic (exact) mass is 289 g/mol. The minimum Gasteiger partial charge on any atom is -0.481 e. The van der Waals surface area contributed by atoms with Crippen LogP contribution in [0.5, 0.6) is 0 Å². The highest BCUT2D eigenvalue weighted by molar-refractivity contribution is 5.71. The molecule has 1 heterocycles. The van der Waals surface area contributed by atoms with E-state index in [-0.39, 0.29) is 13.1 Å². The summed E-state index contributed by atoms with van der Waals surface area (Å²) >= 11 is 0. The van der Waals surface area contributed by atoms with Crippen LogP contribution in [0.15, 0.2) is 12.2 Å². The van der Waals surface area contributed by atoms with E-state index >= 15 is 0 Å². The molecule has 3 aliphatic rings. The Morgan fingerprint density at radius 1 is 1.25 bits per heavy atom. The molecular formula is C14H18F3NO2. The number of alkyl halides is 3. The predicted octanol–water partition coefficient (Wildman–Crippen LogP) is 2.39. The van der Waals surface area contributed by atoms with Crippen LogP contribution in [0.2, 0.25) is 0 Å². The van der Waals surface area contributed by atoms with E-state index in [9.17, 15) is 18.0 Å². The van der Waals surface area contributed by atoms with Crippen molar-refractivity contribution in [2.24, 2.45) is 29.6 Å². The molecule has 112 valence electrons. The number of likely N-dealkylation sites (tertiary alicyclic amines) is 1. The zero-order valence-corrected chi connectivity index (χ0v) is 11.0. The Morgan fingerprint density at radius 3 is 2.45 bits per heavy atom. The van der Waals surface area contributed by atoms with Gasteiger partial charge in [0.15, 0.2) is 0 Å². The summed E-state index contributed by atoms with van der Waals surface area (Å²) in [5, 5.41) is 8.99. The van der Waals surface area contributed by atoms with Crippen molar-refractivity contribution in [1.29, 1.82) is 0 Å². The molecule has 3 unspecified atom stereocenters. The van der Waals surface area contributed by atoms with Gasteiger partial charge in [-0.25, -0.2) is 0 Å². The van der Waals surface area contributed by atoms with Crippen molar-refractivity contribution in [2.75, 3.05) is 19.6 Å². The van der Waals surface area contributed by atoms with Gasteiger partial charge >= 0.3 is 12.1 Å². The summed E-state index contributed by atoms with van der Waals surface area (Å²) in [7, 11) is 0. The van der Waals surface area contributed by atoms with Gasteiger partial charge in [0.2, 0.25) is 0 Å². The van der Waals surface area contributed by atoms with E-state index < -0.39 is 24.0 Å². The number of allylic oxidation sites excluding steroid dienone is 2. The van der Waals surface area contributed by atoms with Crippen molar-refractivity contribution in [1.82, 2.24) is 4.90 Å². The first-order chi connectivity index (χ1) is 9.34. The van der Waals surface area contributed by atoms with Crippen molar-refractivity contribution < 1.29 is 23.1 Å². The number of fused-ring (bicyclic) bond motifs is 2. The molecule has 3 nitrogen and oxygen atoms in total. The second-order valence-electron chi connectivity index (χ2n) is 6.35. The lowest BCUT2D eigenvalue weighted by atomic mass is 9.93. The third kappa shape index (κ3) is 2.45. The van der Waals surface area contributed by atoms with Gasteiger partial charge in [0.1, 0.15) is 0 Å². The van der Waals surface area contributed by atoms with Crippen molar-refractivity contribution in [3.63, 3.8) is 0 Å². The summed E-state index contributed by atoms with van der Waals surface area (Å²) in [5.74, 6) is -2.91. The van der Waals surface area contributed by atoms with E-state index in [1.54, 1.807) is 4.90 Å². The molecule has 5 atom stereocenters. The van der Waals surface area contributed by atoms with Gasteiger partial charge in [-0.1, -0.05) is 12.2 Å². The van der Waals surface area contributed by atoms with Gasteiger partial charge in [0.05, 0.1) is 11.8 Å². The summed E-state index contributed by atoms with van der Waals surface area (Å²) in [4.78, 5) is 12.7. The summed E-state index contributed by atoms with van der Waals surface area (Å²) in [6.07, 6.45) is 2.09. The van der Waals surface area contributed by atoms with Gasteiger partial charge in [-0.15, -0.1) is 0 Å². The zero-order chi connectivity index (χ0) is 14.5. The maximum atomic E-state index is 12.9. The number of halogens is 3. The molecule has 0 aromatic rings. The molecular weight excluding hydrogens is 271 g/mol. The number of carboxylic acids is 1. The molecule has 6 heteroatoms. The number of nitrogens with zero attached hydrogens (tertiary/aromatic N) is 1. The largest absolute Gasteiger partial charge is 0.481 e. The molecule has 0 aromatic carbocycles. The molecule has 2 aliphatic carbocycles. The van der Waals surface area contributed by atoms with Crippen LogP contribution in [-0.2, 0) is 4.79 Å². The van der Waals surface area contributed by atoms with Gasteiger partial charge in [-0.05, 0) is 30.6 Å². The van der Waals surface area contributed by atoms with Crippen molar-refractivity contribution in [3.05, 3.63) is 12.2 Å². The van der Waals surface area contributed by atoms with E-state index in [4.69, 9.17) is 5.11 Å². The lowest BCUT2D eigenvalue weighted by Crippen LogP contribution is -2.34. The number of carbonyl (C=O) groups is 1. The lowest BCUT2D eigenvalue weighted by molar-refractivity contribution is -0.188. The smallest absolute Gasteiger partial charge is 0.393 e. The maximum Gasteiger partial charge on any atom is 0.393 e. The molecule has 0 spiro atoms. The molecule has 1 saturated carbocycles. The fourth-order valence-corrected chi connectivity index (χ4v) is 4.05. The van der Waals surface area contributed by atoms with Crippen molar-refractivity contribution in [3.8, 4) is 0 Å². The van der Waals surface area contributed by atoms with Crippen LogP contribution in [0, 0.1) is 29.6 Å². The highest BCUT2D eigenvalue weighted by Crippen LogP contribution is 2.45. The lowest BCUT2D eigenvalue weighted by Gasteiger charge is -2.25. The van der Waals surface area contributed by atoms with Gasteiger partial charge in [-0.2, -0.15) is 13.2 Å². The van der Waals surface area contributed by atoms with Gasteiger partial charge in [0, 0.05) is 19.6 Å². The summed E-state index contributed by atoms with van der Waals surface area (Å²) in [6, 6.07) is 0. The van der Waals surface area contributed by atoms with Crippen LogP contribution < -0.4 is 0 Å². The molecule has 2 bridgehead atoms. The Kier molecular flexibility index (Phi) is 3.31. The van der Waals surface area contributed by atoms with Crippen LogP contribution in [0.3, 0.4) is 0 Å². The molecule has 0 amide bonds. The average molecular weight is 289 g/mol. The highest BCUT2D eigenvalue weighted by atomic mass is 19.4. The molecule has 1 aliphatic heterocycles. The standard InChI is InChI=1S/C14H18F3NO2/c15-14(16,17)12-7-18(6-11(12)13(19)20)5-10-4-8-1-2-9(10)3-8/h1-2,8-12H,3-7H2,(H,19,20)/t8?,9?,10?,11-,12-/m1/s1. The first-order valence-corrected chi connectivity index (χ1v) is 7.05. The fourth-order valence-electron chi connectivity index (χ4n) is 4.05. The number of rotatable bonds is 3. The Bertz CT molecular complexity index is 435. The third-order valence-corrected chi connectivity index (χ3v) is 5.04. The number of aliphatic carboxylic acids is 1. The van der Waals surface area contributed by atoms with E-state index in [2.05, 4.69) is 12.2 Å². The van der Waals surface area contributed by atoms with Crippen molar-refractivity contribution in [2.45, 2.75) is 19.0 Å². The fraction of sp³-hybridized carbons (Fsp3) is 0.786. The molecule has 1 saturated heterocycles. The summed E-state index contributed by atoms with van der Waals surface area (Å²) < 4.78 is 38.7. The van der Waals surface area contributed by atoms with Gasteiger partial charge in [-0.3, -0.25) is 4.79 Å². The predicted molar refractivity (Wildman–Crippen MR) is 66.0 cm³/mol. The van der Waals surface area contributed by atoms with Crippen molar-refractivity contribution >= 4 is 5.97 Å². The van der Waals surface area contributed by atoms with Crippen LogP contribution in [-0.4, -0.2) is 41.8 Å². The summed E-state index contributed by atoms with van der Waals surface area (Å²) in [5.41, 5.74) is 0. The second-order valence-corrected chi connectivity index (χ2v) is 6.35. The molecule has 1 N–H and O–H groups in total. The highest BCUT2D eigenvalue weighted by Gasteiger charge is 2.53. The van der Waals surface area contributed by atoms with Gasteiger partial charge in [0.25, 0.3) is 0 Å². The zero-order valence-electron chi connectivity index (χ0n) is 11.0. The molecule has 3 rings (SSSR count). The molecule has 0 aromatic heterocycles. The molecule has 2 fully saturated rings. The van der Waals surface area contributed by atoms with E-state index in [0.29, 0.717) is 24.3 Å². The summed E-state index contributed by atoms with van der Waals surface area (Å²) in [6.45, 7) is 0.455. The van der Waals surface area contributed by atoms with Crippen LogP contribution >= 0.6 is 0 Å². The molecule has 0 radical (unpaired) electrons. The quantitative estimate of drug-likeness (QED) is 0.811. The topological polar surface area (TPSA) is 40.5 Å². The Morgan fingerprint density at radius 2 is 2.00 bits per heavy atom. The maximum absolute atomic E-state index is 12.9. The number of hydrogen-bond acceptors (Lipinski definition) is 2. The Balaban J connectivity index is 1.64. The number of hydrogen-bond donors (Lipinski definition) is 1. The van der Waals surface area contributed by atoms with E-state index in [1.807, 2.05) is 0 Å². The normalized spacial score (nSPS) is 40.6. The van der Waals surface area contributed by atoms with Crippen LogP contribution in [0.1, 0.15) is 12.8 Å². The average Bonchev–Trinajstić information content (AvgIpc) is 3.00. The Labute approximate surface area is 115 Å². The Hall–Kier alpha value is -1.04. The molecule has 20 heavy (non-hydrogen) atoms. The first kappa shape index (κ1) is 13.9. The number of carboxylic acid groups (broad SMARTS) is 1. The minimum absolute atomic E-state index is 0.0249. The van der Waals surface area contributed by atoms with Crippen LogP contribution in [0.4, 0.5) is 13.2 Å². The van der Waals surface area contributed by atoms with E-state index in [1.165, 1.54) is 0 Å². The SMILES string of the molecule is O=C(O)[C@@H]1CN(CC2CC3C=CC2C3)C[C@H]1C(F)(F)F. The first-order valence-electron chi connectivity index (χ1n) is 7.05. The van der Waals surface area contributed by atoms with Crippen LogP contribution in [0.25, 0.3) is 0 Å². The van der Waals surface area contributed by atoms with E-state index in [0.717, 1.165) is 12.8 Å².